The summed E-state index contributed by atoms with van der Waals surface area (Å²) in [6, 6.07) is 3.40. The maximum absolute atomic E-state index is 10.4. The average Bonchev–Trinajstić information content (AvgIpc) is 1.91. The zero-order valence-electron chi connectivity index (χ0n) is 6.05. The summed E-state index contributed by atoms with van der Waals surface area (Å²) in [5, 5.41) is 0. The third kappa shape index (κ3) is 2.87. The van der Waals surface area contributed by atoms with Gasteiger partial charge in [0.05, 0.1) is 0 Å². The zero-order chi connectivity index (χ0) is 7.98. The molecule has 0 aromatic carbocycles. The smallest absolute Gasteiger partial charge is 0.248 e. The minimum atomic E-state index is -0.0370. The number of H-pyrrole nitrogens is 1. The molecule has 1 N–H and O–H groups in total. The number of rotatable bonds is 0. The van der Waals surface area contributed by atoms with Crippen molar-refractivity contribution in [3.8, 4) is 0 Å². The van der Waals surface area contributed by atoms with Crippen LogP contribution >= 0.6 is 0 Å². The van der Waals surface area contributed by atoms with E-state index in [4.69, 9.17) is 0 Å². The minimum Gasteiger partial charge on any atom is -0.329 e. The quantitative estimate of drug-likeness (QED) is 0.540. The Morgan fingerprint density at radius 1 is 1.50 bits per heavy atom. The maximum Gasteiger partial charge on any atom is 0.248 e. The van der Waals surface area contributed by atoms with E-state index in [0.29, 0.717) is 0 Å². The highest BCUT2D eigenvalue weighted by Crippen LogP contribution is 1.84. The molecule has 1 aromatic heterocycles. The van der Waals surface area contributed by atoms with Crippen molar-refractivity contribution in [3.63, 3.8) is 0 Å². The number of nitrogens with one attached hydrogen (secondary N) is 1. The average molecular weight is 137 g/mol. The standard InChI is InChI=1S/C6H7NO.C2H4/c1-5-2-3-7-6(8)4-5;1-2/h2-4H,1H3,(H,7,8);1-2H2. The Morgan fingerprint density at radius 3 is 2.40 bits per heavy atom. The molecule has 1 aromatic rings. The second-order valence-electron chi connectivity index (χ2n) is 1.73. The SMILES string of the molecule is C=C.Cc1cc[nH]c(=O)c1. The Balaban J connectivity index is 0.000000371. The molecule has 0 radical (unpaired) electrons. The van der Waals surface area contributed by atoms with Gasteiger partial charge in [0.1, 0.15) is 0 Å². The molecule has 10 heavy (non-hydrogen) atoms. The van der Waals surface area contributed by atoms with E-state index in [9.17, 15) is 4.79 Å². The van der Waals surface area contributed by atoms with Crippen LogP contribution in [0.25, 0.3) is 0 Å². The van der Waals surface area contributed by atoms with Gasteiger partial charge in [-0.25, -0.2) is 0 Å². The Hall–Kier alpha value is -1.31. The van der Waals surface area contributed by atoms with Crippen LogP contribution in [-0.4, -0.2) is 4.98 Å². The van der Waals surface area contributed by atoms with E-state index in [2.05, 4.69) is 18.1 Å². The number of hydrogen-bond donors (Lipinski definition) is 1. The molecule has 2 nitrogen and oxygen atoms in total. The van der Waals surface area contributed by atoms with Gasteiger partial charge in [0.15, 0.2) is 0 Å². The van der Waals surface area contributed by atoms with Gasteiger partial charge < -0.3 is 4.98 Å². The van der Waals surface area contributed by atoms with Crippen LogP contribution in [0.5, 0.6) is 0 Å². The lowest BCUT2D eigenvalue weighted by atomic mass is 10.3. The fraction of sp³-hybridized carbons (Fsp3) is 0.125. The largest absolute Gasteiger partial charge is 0.329 e. The van der Waals surface area contributed by atoms with Crippen molar-refractivity contribution in [1.82, 2.24) is 4.98 Å². The molecule has 0 aliphatic heterocycles. The molecule has 0 aliphatic carbocycles. The van der Waals surface area contributed by atoms with Crippen LogP contribution < -0.4 is 5.56 Å². The fourth-order valence-electron chi connectivity index (χ4n) is 0.552. The molecule has 0 atom stereocenters. The van der Waals surface area contributed by atoms with E-state index in [1.807, 2.05) is 13.0 Å². The van der Waals surface area contributed by atoms with Crippen molar-refractivity contribution in [1.29, 1.82) is 0 Å². The predicted octanol–water partition coefficient (Wildman–Crippen LogP) is 1.49. The van der Waals surface area contributed by atoms with Gasteiger partial charge in [-0.3, -0.25) is 4.79 Å². The summed E-state index contributed by atoms with van der Waals surface area (Å²) < 4.78 is 0. The predicted molar refractivity (Wildman–Crippen MR) is 43.1 cm³/mol. The molecule has 54 valence electrons. The summed E-state index contributed by atoms with van der Waals surface area (Å²) >= 11 is 0. The lowest BCUT2D eigenvalue weighted by Gasteiger charge is -1.83. The highest BCUT2D eigenvalue weighted by Gasteiger charge is 1.80. The summed E-state index contributed by atoms with van der Waals surface area (Å²) in [6.45, 7) is 7.88. The van der Waals surface area contributed by atoms with E-state index < -0.39 is 0 Å². The normalized spacial score (nSPS) is 7.70. The number of hydrogen-bond acceptors (Lipinski definition) is 1. The number of aromatic nitrogens is 1. The van der Waals surface area contributed by atoms with Gasteiger partial charge in [-0.15, -0.1) is 13.2 Å². The van der Waals surface area contributed by atoms with Crippen molar-refractivity contribution in [2.45, 2.75) is 6.92 Å². The van der Waals surface area contributed by atoms with Crippen LogP contribution in [0.15, 0.2) is 36.3 Å². The molecular formula is C8H11NO. The molecule has 0 saturated heterocycles. The van der Waals surface area contributed by atoms with E-state index in [1.165, 1.54) is 0 Å². The van der Waals surface area contributed by atoms with E-state index in [0.717, 1.165) is 5.56 Å². The van der Waals surface area contributed by atoms with Crippen molar-refractivity contribution in [2.75, 3.05) is 0 Å². The van der Waals surface area contributed by atoms with Gasteiger partial charge in [0.2, 0.25) is 5.56 Å². The summed E-state index contributed by atoms with van der Waals surface area (Å²) in [7, 11) is 0. The van der Waals surface area contributed by atoms with Crippen LogP contribution in [-0.2, 0) is 0 Å². The first kappa shape index (κ1) is 8.69. The molecule has 0 spiro atoms. The highest BCUT2D eigenvalue weighted by atomic mass is 16.1. The van der Waals surface area contributed by atoms with Crippen LogP contribution in [0.1, 0.15) is 5.56 Å². The molecule has 0 saturated carbocycles. The molecule has 2 heteroatoms. The summed E-state index contributed by atoms with van der Waals surface area (Å²) in [5.41, 5.74) is 0.957. The van der Waals surface area contributed by atoms with E-state index in [-0.39, 0.29) is 5.56 Å². The van der Waals surface area contributed by atoms with E-state index >= 15 is 0 Å². The molecule has 1 rings (SSSR count). The van der Waals surface area contributed by atoms with Crippen LogP contribution in [0.4, 0.5) is 0 Å². The van der Waals surface area contributed by atoms with Crippen LogP contribution in [0, 0.1) is 6.92 Å². The second kappa shape index (κ2) is 4.56. The van der Waals surface area contributed by atoms with Gasteiger partial charge in [-0.1, -0.05) is 0 Å². The second-order valence-corrected chi connectivity index (χ2v) is 1.73. The highest BCUT2D eigenvalue weighted by molar-refractivity contribution is 5.06. The van der Waals surface area contributed by atoms with Crippen molar-refractivity contribution in [3.05, 3.63) is 47.4 Å². The maximum atomic E-state index is 10.4. The monoisotopic (exact) mass is 137 g/mol. The van der Waals surface area contributed by atoms with Gasteiger partial charge in [0, 0.05) is 12.3 Å². The number of aromatic amines is 1. The molecule has 0 bridgehead atoms. The van der Waals surface area contributed by atoms with Crippen LogP contribution in [0.2, 0.25) is 0 Å². The van der Waals surface area contributed by atoms with Gasteiger partial charge >= 0.3 is 0 Å². The first-order chi connectivity index (χ1) is 4.79. The third-order valence-electron chi connectivity index (χ3n) is 0.931. The first-order valence-electron chi connectivity index (χ1n) is 2.94. The Kier molecular flexibility index (Phi) is 3.96. The Labute approximate surface area is 60.2 Å². The molecule has 0 fully saturated rings. The molecule has 0 unspecified atom stereocenters. The molecular weight excluding hydrogens is 126 g/mol. The topological polar surface area (TPSA) is 32.9 Å². The van der Waals surface area contributed by atoms with Crippen molar-refractivity contribution >= 4 is 0 Å². The van der Waals surface area contributed by atoms with Gasteiger partial charge in [-0.05, 0) is 18.6 Å². The van der Waals surface area contributed by atoms with E-state index in [1.54, 1.807) is 12.3 Å². The Morgan fingerprint density at radius 2 is 2.10 bits per heavy atom. The van der Waals surface area contributed by atoms with Crippen molar-refractivity contribution < 1.29 is 0 Å². The van der Waals surface area contributed by atoms with Crippen molar-refractivity contribution in [2.24, 2.45) is 0 Å². The summed E-state index contributed by atoms with van der Waals surface area (Å²) in [4.78, 5) is 13.0. The summed E-state index contributed by atoms with van der Waals surface area (Å²) in [6.07, 6.45) is 1.64. The number of aryl methyl sites for hydroxylation is 1. The fourth-order valence-corrected chi connectivity index (χ4v) is 0.552. The van der Waals surface area contributed by atoms with Crippen LogP contribution in [0.3, 0.4) is 0 Å². The van der Waals surface area contributed by atoms with Gasteiger partial charge in [-0.2, -0.15) is 0 Å². The molecule has 0 aliphatic rings. The summed E-state index contributed by atoms with van der Waals surface area (Å²) in [5.74, 6) is 0. The lowest BCUT2D eigenvalue weighted by Crippen LogP contribution is -2.01. The first-order valence-corrected chi connectivity index (χ1v) is 2.94. The molecule has 0 amide bonds. The minimum absolute atomic E-state index is 0.0370. The lowest BCUT2D eigenvalue weighted by molar-refractivity contribution is 1.21. The molecule has 1 heterocycles. The zero-order valence-corrected chi connectivity index (χ0v) is 6.05. The van der Waals surface area contributed by atoms with Gasteiger partial charge in [0.25, 0.3) is 0 Å². The Bertz CT molecular complexity index is 239. The number of pyridine rings is 1. The third-order valence-corrected chi connectivity index (χ3v) is 0.931.